The summed E-state index contributed by atoms with van der Waals surface area (Å²) in [5.74, 6) is -1.66. The number of benzene rings is 1. The Kier molecular flexibility index (Phi) is 4.75. The van der Waals surface area contributed by atoms with E-state index in [0.717, 1.165) is 15.3 Å². The summed E-state index contributed by atoms with van der Waals surface area (Å²) in [5.41, 5.74) is 0.588. The fourth-order valence-electron chi connectivity index (χ4n) is 1.94. The van der Waals surface area contributed by atoms with Gasteiger partial charge in [0.25, 0.3) is 0 Å². The molecule has 1 aromatic heterocycles. The molecule has 0 aliphatic heterocycles. The smallest absolute Gasteiger partial charge is 0.336 e. The Morgan fingerprint density at radius 2 is 2.10 bits per heavy atom. The van der Waals surface area contributed by atoms with Gasteiger partial charge in [-0.05, 0) is 36.9 Å². The zero-order valence-electron chi connectivity index (χ0n) is 10.8. The van der Waals surface area contributed by atoms with Crippen LogP contribution in [-0.2, 0) is 13.1 Å². The molecule has 6 heteroatoms. The molecule has 0 unspecified atom stereocenters. The molecule has 1 aromatic carbocycles. The summed E-state index contributed by atoms with van der Waals surface area (Å²) in [4.78, 5) is 14.2. The maximum atomic E-state index is 13.1. The fraction of sp³-hybridized carbons (Fsp3) is 0.214. The maximum Gasteiger partial charge on any atom is 0.336 e. The van der Waals surface area contributed by atoms with Crippen LogP contribution in [0.3, 0.4) is 0 Å². The van der Waals surface area contributed by atoms with Crippen LogP contribution in [0.4, 0.5) is 4.39 Å². The van der Waals surface area contributed by atoms with E-state index in [4.69, 9.17) is 16.7 Å². The number of thiophene rings is 1. The van der Waals surface area contributed by atoms with E-state index in [1.807, 2.05) is 24.1 Å². The average Bonchev–Trinajstić information content (AvgIpc) is 2.76. The zero-order valence-corrected chi connectivity index (χ0v) is 12.3. The molecule has 0 amide bonds. The Morgan fingerprint density at radius 1 is 1.35 bits per heavy atom. The monoisotopic (exact) mass is 313 g/mol. The first-order chi connectivity index (χ1) is 9.45. The molecule has 0 atom stereocenters. The number of rotatable bonds is 5. The van der Waals surface area contributed by atoms with Crippen LogP contribution >= 0.6 is 22.9 Å². The van der Waals surface area contributed by atoms with Crippen molar-refractivity contribution in [3.05, 3.63) is 56.5 Å². The molecule has 2 aromatic rings. The largest absolute Gasteiger partial charge is 0.478 e. The van der Waals surface area contributed by atoms with Gasteiger partial charge in [0.05, 0.1) is 9.90 Å². The van der Waals surface area contributed by atoms with Crippen LogP contribution in [0, 0.1) is 5.82 Å². The zero-order chi connectivity index (χ0) is 14.7. The van der Waals surface area contributed by atoms with Gasteiger partial charge in [0, 0.05) is 18.0 Å². The van der Waals surface area contributed by atoms with Gasteiger partial charge in [0.1, 0.15) is 5.82 Å². The van der Waals surface area contributed by atoms with E-state index >= 15 is 0 Å². The van der Waals surface area contributed by atoms with E-state index in [1.165, 1.54) is 23.5 Å². The molecule has 1 heterocycles. The second kappa shape index (κ2) is 6.35. The van der Waals surface area contributed by atoms with Gasteiger partial charge in [-0.15, -0.1) is 11.3 Å². The van der Waals surface area contributed by atoms with Crippen molar-refractivity contribution in [2.45, 2.75) is 13.1 Å². The quantitative estimate of drug-likeness (QED) is 0.911. The van der Waals surface area contributed by atoms with E-state index in [2.05, 4.69) is 0 Å². The van der Waals surface area contributed by atoms with E-state index in [-0.39, 0.29) is 5.56 Å². The molecule has 0 aliphatic carbocycles. The first kappa shape index (κ1) is 15.0. The molecule has 0 aliphatic rings. The van der Waals surface area contributed by atoms with Gasteiger partial charge in [0.15, 0.2) is 0 Å². The molecule has 0 fully saturated rings. The summed E-state index contributed by atoms with van der Waals surface area (Å²) < 4.78 is 13.8. The number of hydrogen-bond acceptors (Lipinski definition) is 3. The van der Waals surface area contributed by atoms with Crippen molar-refractivity contribution >= 4 is 28.9 Å². The third-order valence-electron chi connectivity index (χ3n) is 2.80. The third-order valence-corrected chi connectivity index (χ3v) is 4.01. The highest BCUT2D eigenvalue weighted by atomic mass is 35.5. The Hall–Kier alpha value is -1.43. The Morgan fingerprint density at radius 3 is 2.70 bits per heavy atom. The summed E-state index contributed by atoms with van der Waals surface area (Å²) >= 11 is 7.36. The van der Waals surface area contributed by atoms with Crippen molar-refractivity contribution < 1.29 is 14.3 Å². The summed E-state index contributed by atoms with van der Waals surface area (Å²) in [6.07, 6.45) is 0. The molecule has 2 rings (SSSR count). The normalized spacial score (nSPS) is 11.0. The summed E-state index contributed by atoms with van der Waals surface area (Å²) in [7, 11) is 1.88. The molecule has 1 N–H and O–H groups in total. The fourth-order valence-corrected chi connectivity index (χ4v) is 3.10. The summed E-state index contributed by atoms with van der Waals surface area (Å²) in [5, 5.41) is 9.10. The van der Waals surface area contributed by atoms with Gasteiger partial charge in [-0.1, -0.05) is 17.7 Å². The molecule has 106 valence electrons. The van der Waals surface area contributed by atoms with Crippen molar-refractivity contribution in [3.8, 4) is 0 Å². The minimum atomic E-state index is -1.12. The molecule has 0 bridgehead atoms. The van der Waals surface area contributed by atoms with Crippen LogP contribution in [-0.4, -0.2) is 23.0 Å². The van der Waals surface area contributed by atoms with E-state index in [9.17, 15) is 9.18 Å². The number of nitrogens with zero attached hydrogens (tertiary/aromatic N) is 1. The van der Waals surface area contributed by atoms with Crippen LogP contribution in [0.2, 0.25) is 4.34 Å². The average molecular weight is 314 g/mol. The first-order valence-electron chi connectivity index (χ1n) is 5.90. The molecule has 3 nitrogen and oxygen atoms in total. The maximum absolute atomic E-state index is 13.1. The van der Waals surface area contributed by atoms with Gasteiger partial charge in [-0.25, -0.2) is 9.18 Å². The van der Waals surface area contributed by atoms with Gasteiger partial charge >= 0.3 is 5.97 Å². The van der Waals surface area contributed by atoms with Crippen molar-refractivity contribution in [3.63, 3.8) is 0 Å². The predicted octanol–water partition coefficient (Wildman–Crippen LogP) is 3.87. The van der Waals surface area contributed by atoms with Crippen LogP contribution in [0.5, 0.6) is 0 Å². The highest BCUT2D eigenvalue weighted by molar-refractivity contribution is 7.16. The minimum absolute atomic E-state index is 0.000983. The summed E-state index contributed by atoms with van der Waals surface area (Å²) in [6.45, 7) is 1.09. The Labute approximate surface area is 125 Å². The van der Waals surface area contributed by atoms with Crippen LogP contribution in [0.15, 0.2) is 30.3 Å². The van der Waals surface area contributed by atoms with Crippen LogP contribution in [0.25, 0.3) is 0 Å². The van der Waals surface area contributed by atoms with Crippen molar-refractivity contribution in [1.29, 1.82) is 0 Å². The number of aromatic carboxylic acids is 1. The summed E-state index contributed by atoms with van der Waals surface area (Å²) in [6, 6.07) is 7.60. The van der Waals surface area contributed by atoms with Crippen LogP contribution in [0.1, 0.15) is 20.8 Å². The standard InChI is InChI=1S/C14H13ClFNO2S/c1-17(8-11-4-5-13(15)20-11)7-9-2-3-10(16)6-12(9)14(18)19/h2-6H,7-8H2,1H3,(H,18,19). The lowest BCUT2D eigenvalue weighted by Crippen LogP contribution is -2.18. The SMILES string of the molecule is CN(Cc1ccc(Cl)s1)Cc1ccc(F)cc1C(=O)O. The molecule has 0 radical (unpaired) electrons. The highest BCUT2D eigenvalue weighted by Crippen LogP contribution is 2.23. The molecular weight excluding hydrogens is 301 g/mol. The van der Waals surface area contributed by atoms with Gasteiger partial charge < -0.3 is 5.11 Å². The topological polar surface area (TPSA) is 40.5 Å². The van der Waals surface area contributed by atoms with Gasteiger partial charge in [-0.2, -0.15) is 0 Å². The highest BCUT2D eigenvalue weighted by Gasteiger charge is 2.13. The number of carbonyl (C=O) groups is 1. The van der Waals surface area contributed by atoms with E-state index in [0.29, 0.717) is 18.7 Å². The number of hydrogen-bond donors (Lipinski definition) is 1. The van der Waals surface area contributed by atoms with Crippen molar-refractivity contribution in [2.75, 3.05) is 7.05 Å². The van der Waals surface area contributed by atoms with Crippen molar-refractivity contribution in [2.24, 2.45) is 0 Å². The second-order valence-corrected chi connectivity index (χ2v) is 6.28. The minimum Gasteiger partial charge on any atom is -0.478 e. The number of carboxylic acids is 1. The molecular formula is C14H13ClFNO2S. The first-order valence-corrected chi connectivity index (χ1v) is 7.09. The van der Waals surface area contributed by atoms with Gasteiger partial charge in [0.2, 0.25) is 0 Å². The van der Waals surface area contributed by atoms with Gasteiger partial charge in [-0.3, -0.25) is 4.90 Å². The Balaban J connectivity index is 2.11. The predicted molar refractivity (Wildman–Crippen MR) is 77.9 cm³/mol. The Bertz CT molecular complexity index is 629. The molecule has 0 saturated heterocycles. The third kappa shape index (κ3) is 3.79. The van der Waals surface area contributed by atoms with Crippen molar-refractivity contribution in [1.82, 2.24) is 4.90 Å². The van der Waals surface area contributed by atoms with Crippen LogP contribution < -0.4 is 0 Å². The lowest BCUT2D eigenvalue weighted by Gasteiger charge is -2.17. The lowest BCUT2D eigenvalue weighted by molar-refractivity contribution is 0.0694. The lowest BCUT2D eigenvalue weighted by atomic mass is 10.1. The van der Waals surface area contributed by atoms with E-state index < -0.39 is 11.8 Å². The molecule has 0 saturated carbocycles. The van der Waals surface area contributed by atoms with E-state index in [1.54, 1.807) is 0 Å². The number of halogens is 2. The second-order valence-electron chi connectivity index (χ2n) is 4.48. The molecule has 20 heavy (non-hydrogen) atoms. The number of carboxylic acid groups (broad SMARTS) is 1. The molecule has 0 spiro atoms.